The van der Waals surface area contributed by atoms with E-state index in [0.29, 0.717) is 17.9 Å². The normalized spacial score (nSPS) is 18.3. The maximum Gasteiger partial charge on any atom is 0.331 e. The Morgan fingerprint density at radius 1 is 0.943 bits per heavy atom. The molecule has 1 saturated heterocycles. The predicted octanol–water partition coefficient (Wildman–Crippen LogP) is 5.98. The van der Waals surface area contributed by atoms with Crippen molar-refractivity contribution >= 4 is 50.6 Å². The lowest BCUT2D eigenvalue weighted by molar-refractivity contribution is -0.132. The number of imide groups is 2. The Kier molecular flexibility index (Phi) is 6.68. The first-order valence-electron chi connectivity index (χ1n) is 11.8. The molecule has 3 aromatic carbocycles. The van der Waals surface area contributed by atoms with Crippen LogP contribution in [0.1, 0.15) is 43.2 Å². The summed E-state index contributed by atoms with van der Waals surface area (Å²) in [6.07, 6.45) is 6.11. The Balaban J connectivity index is 1.53. The quantitative estimate of drug-likeness (QED) is 0.324. The summed E-state index contributed by atoms with van der Waals surface area (Å²) in [5.41, 5.74) is 1.57. The number of amides is 4. The van der Waals surface area contributed by atoms with Gasteiger partial charge in [0.2, 0.25) is 0 Å². The number of ether oxygens (including phenoxy) is 1. The molecule has 1 aliphatic carbocycles. The number of rotatable bonds is 5. The van der Waals surface area contributed by atoms with Crippen molar-refractivity contribution in [1.29, 1.82) is 0 Å². The zero-order valence-electron chi connectivity index (χ0n) is 19.1. The Morgan fingerprint density at radius 3 is 2.46 bits per heavy atom. The molecule has 7 heteroatoms. The molecule has 178 valence electrons. The minimum absolute atomic E-state index is 0.0555. The van der Waals surface area contributed by atoms with Gasteiger partial charge in [0.15, 0.2) is 0 Å². The summed E-state index contributed by atoms with van der Waals surface area (Å²) in [4.78, 5) is 40.1. The average Bonchev–Trinajstić information content (AvgIpc) is 2.87. The van der Waals surface area contributed by atoms with E-state index in [4.69, 9.17) is 4.74 Å². The van der Waals surface area contributed by atoms with Gasteiger partial charge in [0, 0.05) is 16.1 Å². The molecule has 1 aliphatic heterocycles. The summed E-state index contributed by atoms with van der Waals surface area (Å²) in [5, 5.41) is 4.19. The number of benzene rings is 3. The molecule has 4 amide bonds. The molecule has 2 aliphatic rings. The number of urea groups is 1. The van der Waals surface area contributed by atoms with E-state index in [1.54, 1.807) is 6.08 Å². The van der Waals surface area contributed by atoms with Crippen LogP contribution in [0.2, 0.25) is 0 Å². The van der Waals surface area contributed by atoms with E-state index in [2.05, 4.69) is 21.2 Å². The first-order chi connectivity index (χ1) is 17.0. The van der Waals surface area contributed by atoms with Crippen molar-refractivity contribution in [2.45, 2.75) is 44.8 Å². The van der Waals surface area contributed by atoms with E-state index < -0.39 is 17.8 Å². The molecule has 0 atom stereocenters. The molecule has 0 unspecified atom stereocenters. The summed E-state index contributed by atoms with van der Waals surface area (Å²) in [7, 11) is 0. The maximum atomic E-state index is 13.4. The smallest absolute Gasteiger partial charge is 0.331 e. The standard InChI is InChI=1S/C28H25BrN2O4/c29-20-13-10-18(11-14-20)17-35-25-15-12-19-6-4-5-9-22(19)23(25)16-24-26(32)30-28(34)31(27(24)33)21-7-2-1-3-8-21/h4-6,9-16,21H,1-3,7-8,17H2,(H,30,32,34). The Morgan fingerprint density at radius 2 is 1.69 bits per heavy atom. The van der Waals surface area contributed by atoms with Crippen LogP contribution in [0.4, 0.5) is 4.79 Å². The number of fused-ring (bicyclic) bond motifs is 1. The SMILES string of the molecule is O=C1NC(=O)N(C2CCCCC2)C(=O)C1=Cc1c(OCc2ccc(Br)cc2)ccc2ccccc12. The van der Waals surface area contributed by atoms with Gasteiger partial charge in [-0.15, -0.1) is 0 Å². The van der Waals surface area contributed by atoms with Gasteiger partial charge >= 0.3 is 6.03 Å². The first-order valence-corrected chi connectivity index (χ1v) is 12.6. The minimum atomic E-state index is -0.682. The predicted molar refractivity (Wildman–Crippen MR) is 138 cm³/mol. The van der Waals surface area contributed by atoms with Crippen LogP contribution in [0, 0.1) is 0 Å². The molecular formula is C28H25BrN2O4. The van der Waals surface area contributed by atoms with Crippen LogP contribution in [0.5, 0.6) is 5.75 Å². The second-order valence-corrected chi connectivity index (χ2v) is 9.81. The van der Waals surface area contributed by atoms with Crippen LogP contribution in [0.15, 0.2) is 70.7 Å². The van der Waals surface area contributed by atoms with E-state index in [1.165, 1.54) is 4.90 Å². The van der Waals surface area contributed by atoms with Crippen LogP contribution in [0.3, 0.4) is 0 Å². The monoisotopic (exact) mass is 532 g/mol. The third-order valence-electron chi connectivity index (χ3n) is 6.60. The fourth-order valence-electron chi connectivity index (χ4n) is 4.78. The van der Waals surface area contributed by atoms with Gasteiger partial charge in [-0.05, 0) is 53.5 Å². The molecule has 5 rings (SSSR count). The lowest BCUT2D eigenvalue weighted by atomic mass is 9.93. The van der Waals surface area contributed by atoms with Gasteiger partial charge < -0.3 is 4.74 Å². The molecule has 0 aromatic heterocycles. The second kappa shape index (κ2) is 10.0. The lowest BCUT2D eigenvalue weighted by Gasteiger charge is -2.35. The van der Waals surface area contributed by atoms with Crippen molar-refractivity contribution < 1.29 is 19.1 Å². The van der Waals surface area contributed by atoms with E-state index in [-0.39, 0.29) is 11.6 Å². The van der Waals surface area contributed by atoms with Gasteiger partial charge in [0.1, 0.15) is 17.9 Å². The van der Waals surface area contributed by atoms with Crippen molar-refractivity contribution in [2.75, 3.05) is 0 Å². The highest BCUT2D eigenvalue weighted by molar-refractivity contribution is 9.10. The average molecular weight is 533 g/mol. The molecular weight excluding hydrogens is 508 g/mol. The highest BCUT2D eigenvalue weighted by Gasteiger charge is 2.40. The Labute approximate surface area is 212 Å². The molecule has 0 bridgehead atoms. The number of carbonyl (C=O) groups is 3. The number of halogens is 1. The molecule has 0 radical (unpaired) electrons. The van der Waals surface area contributed by atoms with Crippen LogP contribution in [0.25, 0.3) is 16.8 Å². The number of nitrogens with zero attached hydrogens (tertiary/aromatic N) is 1. The van der Waals surface area contributed by atoms with Gasteiger partial charge in [-0.25, -0.2) is 4.79 Å². The molecule has 1 heterocycles. The van der Waals surface area contributed by atoms with Gasteiger partial charge in [0.25, 0.3) is 11.8 Å². The number of hydrogen-bond donors (Lipinski definition) is 1. The Hall–Kier alpha value is -3.45. The van der Waals surface area contributed by atoms with Gasteiger partial charge in [0.05, 0.1) is 0 Å². The maximum absolute atomic E-state index is 13.4. The second-order valence-electron chi connectivity index (χ2n) is 8.90. The summed E-state index contributed by atoms with van der Waals surface area (Å²) in [6, 6.07) is 18.6. The molecule has 1 saturated carbocycles. The molecule has 6 nitrogen and oxygen atoms in total. The highest BCUT2D eigenvalue weighted by Crippen LogP contribution is 2.33. The summed E-state index contributed by atoms with van der Waals surface area (Å²) in [5.74, 6) is -0.669. The minimum Gasteiger partial charge on any atom is -0.488 e. The third-order valence-corrected chi connectivity index (χ3v) is 7.13. The summed E-state index contributed by atoms with van der Waals surface area (Å²) >= 11 is 3.44. The molecule has 1 N–H and O–H groups in total. The van der Waals surface area contributed by atoms with Crippen molar-refractivity contribution in [3.63, 3.8) is 0 Å². The zero-order valence-corrected chi connectivity index (χ0v) is 20.7. The molecule has 2 fully saturated rings. The number of carbonyl (C=O) groups excluding carboxylic acids is 3. The van der Waals surface area contributed by atoms with Crippen molar-refractivity contribution in [3.8, 4) is 5.75 Å². The van der Waals surface area contributed by atoms with Crippen LogP contribution < -0.4 is 10.1 Å². The van der Waals surface area contributed by atoms with Crippen molar-refractivity contribution in [1.82, 2.24) is 10.2 Å². The first kappa shape index (κ1) is 23.3. The van der Waals surface area contributed by atoms with Crippen LogP contribution in [-0.2, 0) is 16.2 Å². The number of nitrogens with one attached hydrogen (secondary N) is 1. The van der Waals surface area contributed by atoms with Gasteiger partial charge in [-0.1, -0.05) is 77.7 Å². The highest BCUT2D eigenvalue weighted by atomic mass is 79.9. The molecule has 35 heavy (non-hydrogen) atoms. The van der Waals surface area contributed by atoms with Crippen molar-refractivity contribution in [2.24, 2.45) is 0 Å². The largest absolute Gasteiger partial charge is 0.488 e. The van der Waals surface area contributed by atoms with Crippen molar-refractivity contribution in [3.05, 3.63) is 81.8 Å². The third kappa shape index (κ3) is 4.86. The number of hydrogen-bond acceptors (Lipinski definition) is 4. The summed E-state index contributed by atoms with van der Waals surface area (Å²) < 4.78 is 7.15. The summed E-state index contributed by atoms with van der Waals surface area (Å²) in [6.45, 7) is 0.328. The van der Waals surface area contributed by atoms with E-state index >= 15 is 0 Å². The fraction of sp³-hybridized carbons (Fsp3) is 0.250. The Bertz CT molecular complexity index is 1330. The molecule has 3 aromatic rings. The van der Waals surface area contributed by atoms with Crippen LogP contribution >= 0.6 is 15.9 Å². The topological polar surface area (TPSA) is 75.7 Å². The van der Waals surface area contributed by atoms with E-state index in [0.717, 1.165) is 52.9 Å². The van der Waals surface area contributed by atoms with E-state index in [1.807, 2.05) is 60.7 Å². The van der Waals surface area contributed by atoms with Gasteiger partial charge in [-0.2, -0.15) is 0 Å². The van der Waals surface area contributed by atoms with Crippen LogP contribution in [-0.4, -0.2) is 28.8 Å². The fourth-order valence-corrected chi connectivity index (χ4v) is 5.04. The van der Waals surface area contributed by atoms with E-state index in [9.17, 15) is 14.4 Å². The number of barbiturate groups is 1. The lowest BCUT2D eigenvalue weighted by Crippen LogP contribution is -2.58. The molecule has 0 spiro atoms. The van der Waals surface area contributed by atoms with Gasteiger partial charge in [-0.3, -0.25) is 19.8 Å². The zero-order chi connectivity index (χ0) is 24.4.